The maximum atomic E-state index is 12.1. The van der Waals surface area contributed by atoms with E-state index in [1.165, 1.54) is 6.08 Å². The average molecular weight is 338 g/mol. The highest BCUT2D eigenvalue weighted by Crippen LogP contribution is 2.06. The van der Waals surface area contributed by atoms with Crippen molar-refractivity contribution in [2.75, 3.05) is 6.54 Å². The first-order chi connectivity index (χ1) is 12.1. The first-order valence-electron chi connectivity index (χ1n) is 8.08. The van der Waals surface area contributed by atoms with Crippen molar-refractivity contribution in [3.8, 4) is 0 Å². The van der Waals surface area contributed by atoms with Crippen molar-refractivity contribution in [2.24, 2.45) is 0 Å². The Morgan fingerprint density at radius 3 is 2.32 bits per heavy atom. The summed E-state index contributed by atoms with van der Waals surface area (Å²) >= 11 is 0. The Hall–Kier alpha value is -2.92. The van der Waals surface area contributed by atoms with Crippen molar-refractivity contribution in [1.82, 2.24) is 10.6 Å². The Labute approximate surface area is 147 Å². The molecule has 130 valence electrons. The molecule has 0 fully saturated rings. The zero-order valence-electron chi connectivity index (χ0n) is 13.9. The number of amides is 2. The molecule has 1 atom stereocenters. The Kier molecular flexibility index (Phi) is 6.92. The maximum Gasteiger partial charge on any atom is 0.251 e. The van der Waals surface area contributed by atoms with Crippen LogP contribution in [0.5, 0.6) is 0 Å². The number of benzene rings is 2. The van der Waals surface area contributed by atoms with E-state index >= 15 is 0 Å². The van der Waals surface area contributed by atoms with Gasteiger partial charge in [-0.15, -0.1) is 0 Å². The fraction of sp³-hybridized carbons (Fsp3) is 0.200. The van der Waals surface area contributed by atoms with Gasteiger partial charge in [-0.2, -0.15) is 0 Å². The van der Waals surface area contributed by atoms with Crippen molar-refractivity contribution in [3.63, 3.8) is 0 Å². The van der Waals surface area contributed by atoms with Crippen molar-refractivity contribution < 1.29 is 14.7 Å². The van der Waals surface area contributed by atoms with Crippen LogP contribution >= 0.6 is 0 Å². The smallest absolute Gasteiger partial charge is 0.251 e. The molecule has 0 spiro atoms. The van der Waals surface area contributed by atoms with Gasteiger partial charge >= 0.3 is 0 Å². The van der Waals surface area contributed by atoms with Gasteiger partial charge in [-0.25, -0.2) is 0 Å². The van der Waals surface area contributed by atoms with E-state index in [9.17, 15) is 14.7 Å². The van der Waals surface area contributed by atoms with Gasteiger partial charge in [0.15, 0.2) is 0 Å². The van der Waals surface area contributed by atoms with Crippen LogP contribution in [0.2, 0.25) is 0 Å². The molecule has 0 saturated carbocycles. The molecule has 2 aromatic carbocycles. The average Bonchev–Trinajstić information content (AvgIpc) is 2.65. The number of nitrogens with one attached hydrogen (secondary N) is 2. The summed E-state index contributed by atoms with van der Waals surface area (Å²) in [6.07, 6.45) is 1.06. The minimum Gasteiger partial charge on any atom is -0.391 e. The molecule has 2 rings (SSSR count). The lowest BCUT2D eigenvalue weighted by Crippen LogP contribution is -2.33. The number of rotatable bonds is 8. The van der Waals surface area contributed by atoms with Crippen molar-refractivity contribution in [2.45, 2.75) is 19.1 Å². The molecule has 2 aromatic rings. The van der Waals surface area contributed by atoms with E-state index in [2.05, 4.69) is 17.2 Å². The third-order valence-corrected chi connectivity index (χ3v) is 3.68. The van der Waals surface area contributed by atoms with E-state index < -0.39 is 6.10 Å². The van der Waals surface area contributed by atoms with Crippen LogP contribution in [0.25, 0.3) is 0 Å². The normalized spacial score (nSPS) is 11.4. The van der Waals surface area contributed by atoms with Gasteiger partial charge in [0.25, 0.3) is 5.91 Å². The van der Waals surface area contributed by atoms with Crippen molar-refractivity contribution in [3.05, 3.63) is 83.9 Å². The zero-order chi connectivity index (χ0) is 18.1. The van der Waals surface area contributed by atoms with Gasteiger partial charge in [0.05, 0.1) is 6.10 Å². The molecule has 1 unspecified atom stereocenters. The van der Waals surface area contributed by atoms with Gasteiger partial charge in [0.2, 0.25) is 5.91 Å². The Morgan fingerprint density at radius 1 is 1.00 bits per heavy atom. The highest BCUT2D eigenvalue weighted by molar-refractivity contribution is 5.94. The molecule has 3 N–H and O–H groups in total. The molecule has 5 nitrogen and oxygen atoms in total. The number of aliphatic hydroxyl groups excluding tert-OH is 1. The second-order valence-electron chi connectivity index (χ2n) is 5.67. The number of hydrogen-bond acceptors (Lipinski definition) is 3. The quantitative estimate of drug-likeness (QED) is 0.643. The molecule has 0 aliphatic carbocycles. The van der Waals surface area contributed by atoms with E-state index in [4.69, 9.17) is 0 Å². The Balaban J connectivity index is 1.80. The summed E-state index contributed by atoms with van der Waals surface area (Å²) < 4.78 is 0. The number of hydrogen-bond donors (Lipinski definition) is 3. The molecule has 0 aliphatic heterocycles. The fourth-order valence-electron chi connectivity index (χ4n) is 2.31. The number of aliphatic hydroxyl groups is 1. The molecule has 2 amide bonds. The molecule has 0 aromatic heterocycles. The van der Waals surface area contributed by atoms with E-state index in [1.54, 1.807) is 24.3 Å². The molecular formula is C20H22N2O3. The lowest BCUT2D eigenvalue weighted by molar-refractivity contribution is -0.116. The van der Waals surface area contributed by atoms with E-state index in [1.807, 2.05) is 30.3 Å². The lowest BCUT2D eigenvalue weighted by atomic mass is 10.1. The third kappa shape index (κ3) is 6.24. The van der Waals surface area contributed by atoms with Gasteiger partial charge < -0.3 is 15.7 Å². The molecule has 5 heteroatoms. The van der Waals surface area contributed by atoms with Crippen LogP contribution in [-0.4, -0.2) is 29.6 Å². The molecule has 0 heterocycles. The highest BCUT2D eigenvalue weighted by Gasteiger charge is 2.10. The van der Waals surface area contributed by atoms with Gasteiger partial charge in [-0.1, -0.05) is 49.0 Å². The summed E-state index contributed by atoms with van der Waals surface area (Å²) in [6.45, 7) is 3.95. The fourth-order valence-corrected chi connectivity index (χ4v) is 2.31. The zero-order valence-corrected chi connectivity index (χ0v) is 13.9. The second-order valence-corrected chi connectivity index (χ2v) is 5.67. The summed E-state index contributed by atoms with van der Waals surface area (Å²) in [5.74, 6) is -0.483. The van der Waals surface area contributed by atoms with Crippen LogP contribution in [0.3, 0.4) is 0 Å². The minimum absolute atomic E-state index is 0.185. The molecule has 0 saturated heterocycles. The van der Waals surface area contributed by atoms with Crippen LogP contribution in [0.4, 0.5) is 0 Å². The monoisotopic (exact) mass is 338 g/mol. The molecule has 0 radical (unpaired) electrons. The summed E-state index contributed by atoms with van der Waals surface area (Å²) in [6, 6.07) is 16.6. The van der Waals surface area contributed by atoms with Gasteiger partial charge in [-0.05, 0) is 29.3 Å². The summed E-state index contributed by atoms with van der Waals surface area (Å²) in [4.78, 5) is 23.2. The standard InChI is InChI=1S/C20H22N2O3/c1-2-19(24)21-13-16-8-10-17(11-9-16)20(25)22-14-18(23)12-15-6-4-3-5-7-15/h2-11,18,23H,1,12-14H2,(H,21,24)(H,22,25). The second kappa shape index (κ2) is 9.39. The van der Waals surface area contributed by atoms with Gasteiger partial charge in [0.1, 0.15) is 0 Å². The maximum absolute atomic E-state index is 12.1. The summed E-state index contributed by atoms with van der Waals surface area (Å²) in [7, 11) is 0. The van der Waals surface area contributed by atoms with Crippen LogP contribution in [-0.2, 0) is 17.8 Å². The minimum atomic E-state index is -0.639. The number of carbonyl (C=O) groups is 2. The largest absolute Gasteiger partial charge is 0.391 e. The molecular weight excluding hydrogens is 316 g/mol. The van der Waals surface area contributed by atoms with Crippen LogP contribution < -0.4 is 10.6 Å². The lowest BCUT2D eigenvalue weighted by Gasteiger charge is -2.12. The van der Waals surface area contributed by atoms with Crippen LogP contribution in [0.1, 0.15) is 21.5 Å². The Bertz CT molecular complexity index is 711. The number of carbonyl (C=O) groups excluding carboxylic acids is 2. The topological polar surface area (TPSA) is 78.4 Å². The predicted octanol–water partition coefficient (Wildman–Crippen LogP) is 1.82. The Morgan fingerprint density at radius 2 is 1.68 bits per heavy atom. The third-order valence-electron chi connectivity index (χ3n) is 3.68. The first kappa shape index (κ1) is 18.4. The van der Waals surface area contributed by atoms with E-state index in [0.29, 0.717) is 18.5 Å². The molecule has 0 bridgehead atoms. The van der Waals surface area contributed by atoms with E-state index in [-0.39, 0.29) is 18.4 Å². The summed E-state index contributed by atoms with van der Waals surface area (Å²) in [5, 5.41) is 15.4. The van der Waals surface area contributed by atoms with Crippen LogP contribution in [0, 0.1) is 0 Å². The SMILES string of the molecule is C=CC(=O)NCc1ccc(C(=O)NCC(O)Cc2ccccc2)cc1. The summed E-state index contributed by atoms with van der Waals surface area (Å²) in [5.41, 5.74) is 2.41. The van der Waals surface area contributed by atoms with E-state index in [0.717, 1.165) is 11.1 Å². The van der Waals surface area contributed by atoms with Gasteiger partial charge in [0, 0.05) is 25.1 Å². The van der Waals surface area contributed by atoms with Crippen molar-refractivity contribution in [1.29, 1.82) is 0 Å². The van der Waals surface area contributed by atoms with Crippen molar-refractivity contribution >= 4 is 11.8 Å². The predicted molar refractivity (Wildman–Crippen MR) is 97.0 cm³/mol. The van der Waals surface area contributed by atoms with Crippen LogP contribution in [0.15, 0.2) is 67.3 Å². The van der Waals surface area contributed by atoms with Gasteiger partial charge in [-0.3, -0.25) is 9.59 Å². The first-order valence-corrected chi connectivity index (χ1v) is 8.08. The molecule has 0 aliphatic rings. The highest BCUT2D eigenvalue weighted by atomic mass is 16.3. The molecule has 25 heavy (non-hydrogen) atoms.